The molecular weight excluding hydrogens is 158 g/mol. The van der Waals surface area contributed by atoms with Crippen molar-refractivity contribution in [1.29, 1.82) is 0 Å². The number of aliphatic hydroxyl groups is 1. The summed E-state index contributed by atoms with van der Waals surface area (Å²) in [6.07, 6.45) is -2.89. The number of hydrogen-bond acceptors (Lipinski definition) is 5. The second-order valence-electron chi connectivity index (χ2n) is 1.41. The number of aliphatic carboxylic acids is 2. The molecule has 0 radical (unpaired) electrons. The summed E-state index contributed by atoms with van der Waals surface area (Å²) in [5.41, 5.74) is 0. The van der Waals surface area contributed by atoms with Crippen LogP contribution in [0.5, 0.6) is 0 Å². The Labute approximate surface area is 92.6 Å². The van der Waals surface area contributed by atoms with Gasteiger partial charge in [0.25, 0.3) is 0 Å². The van der Waals surface area contributed by atoms with E-state index >= 15 is 0 Å². The van der Waals surface area contributed by atoms with E-state index in [-0.39, 0.29) is 43.2 Å². The van der Waals surface area contributed by atoms with Gasteiger partial charge < -0.3 is 30.4 Å². The molecular formula is C4H6Li2O6. The molecule has 0 aliphatic heterocycles. The first-order valence-electron chi connectivity index (χ1n) is 2.13. The number of hydrogen-bond donors (Lipinski definition) is 1. The summed E-state index contributed by atoms with van der Waals surface area (Å²) in [7, 11) is 0. The number of rotatable bonds is 3. The molecule has 60 valence electrons. The van der Waals surface area contributed by atoms with E-state index in [4.69, 9.17) is 5.11 Å². The topological polar surface area (TPSA) is 132 Å². The first kappa shape index (κ1) is 22.7. The Bertz CT molecular complexity index is 138. The van der Waals surface area contributed by atoms with Gasteiger partial charge >= 0.3 is 37.7 Å². The van der Waals surface area contributed by atoms with Crippen LogP contribution in [0.15, 0.2) is 0 Å². The minimum atomic E-state index is -1.96. The number of carbonyl (C=O) groups excluding carboxylic acids is 2. The SMILES string of the molecule is O.O=C([O-])CC(O)C(=O)[O-].[Li+].[Li+]. The maximum atomic E-state index is 9.58. The van der Waals surface area contributed by atoms with Crippen LogP contribution in [-0.4, -0.2) is 28.6 Å². The molecule has 6 nitrogen and oxygen atoms in total. The van der Waals surface area contributed by atoms with Gasteiger partial charge in [-0.05, 0) is 0 Å². The molecule has 0 aliphatic rings. The van der Waals surface area contributed by atoms with Crippen LogP contribution in [0.3, 0.4) is 0 Å². The Balaban J connectivity index is -0.000000107. The Hall–Kier alpha value is 0.0548. The van der Waals surface area contributed by atoms with E-state index in [0.717, 1.165) is 0 Å². The standard InChI is InChI=1S/C4H6O5.2Li.H2O/c5-2(4(8)9)1-3(6)7;;;/h2,5H,1H2,(H,6,7)(H,8,9);;;1H2/q;2*+1;/p-2. The van der Waals surface area contributed by atoms with Gasteiger partial charge in [-0.15, -0.1) is 0 Å². The summed E-state index contributed by atoms with van der Waals surface area (Å²) >= 11 is 0. The first-order valence-corrected chi connectivity index (χ1v) is 2.13. The molecule has 0 bridgehead atoms. The van der Waals surface area contributed by atoms with Crippen molar-refractivity contribution < 1.29 is 68.1 Å². The van der Waals surface area contributed by atoms with Gasteiger partial charge in [0.2, 0.25) is 0 Å². The van der Waals surface area contributed by atoms with E-state index in [0.29, 0.717) is 0 Å². The van der Waals surface area contributed by atoms with E-state index in [1.54, 1.807) is 0 Å². The smallest absolute Gasteiger partial charge is 0.550 e. The van der Waals surface area contributed by atoms with Crippen molar-refractivity contribution in [2.45, 2.75) is 12.5 Å². The Kier molecular flexibility index (Phi) is 20.9. The second kappa shape index (κ2) is 11.1. The van der Waals surface area contributed by atoms with Gasteiger partial charge in [-0.25, -0.2) is 0 Å². The molecule has 0 fully saturated rings. The molecule has 0 aliphatic carbocycles. The zero-order valence-corrected chi connectivity index (χ0v) is 6.86. The molecule has 0 aromatic carbocycles. The van der Waals surface area contributed by atoms with Crippen molar-refractivity contribution in [2.24, 2.45) is 0 Å². The van der Waals surface area contributed by atoms with Gasteiger partial charge in [0.05, 0.1) is 12.1 Å². The van der Waals surface area contributed by atoms with Crippen molar-refractivity contribution in [3.05, 3.63) is 0 Å². The maximum absolute atomic E-state index is 9.58. The average Bonchev–Trinajstić information content (AvgIpc) is 1.63. The molecule has 8 heteroatoms. The van der Waals surface area contributed by atoms with Gasteiger partial charge in [-0.1, -0.05) is 0 Å². The third kappa shape index (κ3) is 12.7. The van der Waals surface area contributed by atoms with Gasteiger partial charge in [0.1, 0.15) is 0 Å². The molecule has 0 saturated heterocycles. The normalized spacial score (nSPS) is 9.42. The minimum absolute atomic E-state index is 0. The summed E-state index contributed by atoms with van der Waals surface area (Å²) < 4.78 is 0. The van der Waals surface area contributed by atoms with Crippen LogP contribution in [0, 0.1) is 0 Å². The molecule has 0 aromatic heterocycles. The monoisotopic (exact) mass is 164 g/mol. The molecule has 0 spiro atoms. The van der Waals surface area contributed by atoms with E-state index in [1.807, 2.05) is 0 Å². The molecule has 0 aromatic rings. The zero-order chi connectivity index (χ0) is 7.44. The van der Waals surface area contributed by atoms with Crippen LogP contribution in [0.1, 0.15) is 6.42 Å². The van der Waals surface area contributed by atoms with Gasteiger partial charge in [0.15, 0.2) is 0 Å². The van der Waals surface area contributed by atoms with Crippen molar-refractivity contribution >= 4 is 11.9 Å². The van der Waals surface area contributed by atoms with E-state index in [9.17, 15) is 19.8 Å². The number of carboxylic acids is 2. The largest absolute Gasteiger partial charge is 1.00 e. The van der Waals surface area contributed by atoms with Crippen LogP contribution < -0.4 is 47.9 Å². The summed E-state index contributed by atoms with van der Waals surface area (Å²) in [5, 5.41) is 27.3. The van der Waals surface area contributed by atoms with Crippen molar-refractivity contribution in [3.8, 4) is 0 Å². The molecule has 1 atom stereocenters. The fourth-order valence-corrected chi connectivity index (χ4v) is 0.241. The van der Waals surface area contributed by atoms with Crippen molar-refractivity contribution in [2.75, 3.05) is 0 Å². The molecule has 0 amide bonds. The third-order valence-electron chi connectivity index (χ3n) is 0.632. The minimum Gasteiger partial charge on any atom is -0.550 e. The molecule has 0 saturated carbocycles. The molecule has 1 unspecified atom stereocenters. The molecule has 12 heavy (non-hydrogen) atoms. The van der Waals surface area contributed by atoms with Crippen LogP contribution in [0.25, 0.3) is 0 Å². The van der Waals surface area contributed by atoms with Crippen LogP contribution in [0.2, 0.25) is 0 Å². The Morgan fingerprint density at radius 2 is 1.58 bits per heavy atom. The van der Waals surface area contributed by atoms with E-state index in [2.05, 4.69) is 0 Å². The van der Waals surface area contributed by atoms with Crippen LogP contribution in [-0.2, 0) is 9.59 Å². The quantitative estimate of drug-likeness (QED) is 0.413. The fraction of sp³-hybridized carbons (Fsp3) is 0.500. The van der Waals surface area contributed by atoms with Gasteiger partial charge in [0, 0.05) is 12.4 Å². The number of carbonyl (C=O) groups is 2. The Morgan fingerprint density at radius 3 is 1.67 bits per heavy atom. The molecule has 0 rings (SSSR count). The van der Waals surface area contributed by atoms with E-state index in [1.165, 1.54) is 0 Å². The Morgan fingerprint density at radius 1 is 1.25 bits per heavy atom. The van der Waals surface area contributed by atoms with Crippen LogP contribution >= 0.6 is 0 Å². The van der Waals surface area contributed by atoms with Crippen LogP contribution in [0.4, 0.5) is 0 Å². The number of carboxylic acid groups (broad SMARTS) is 2. The average molecular weight is 164 g/mol. The second-order valence-corrected chi connectivity index (χ2v) is 1.41. The van der Waals surface area contributed by atoms with E-state index < -0.39 is 24.5 Å². The predicted octanol–water partition coefficient (Wildman–Crippen LogP) is -10.6. The van der Waals surface area contributed by atoms with Gasteiger partial charge in [-0.3, -0.25) is 0 Å². The first-order chi connectivity index (χ1) is 4.04. The summed E-state index contributed by atoms with van der Waals surface area (Å²) in [6.45, 7) is 0. The summed E-state index contributed by atoms with van der Waals surface area (Å²) in [4.78, 5) is 19.1. The van der Waals surface area contributed by atoms with Crippen molar-refractivity contribution in [1.82, 2.24) is 0 Å². The third-order valence-corrected chi connectivity index (χ3v) is 0.632. The summed E-state index contributed by atoms with van der Waals surface area (Å²) in [6, 6.07) is 0. The number of aliphatic hydroxyl groups excluding tert-OH is 1. The molecule has 3 N–H and O–H groups in total. The molecule has 0 heterocycles. The fourth-order valence-electron chi connectivity index (χ4n) is 0.241. The predicted molar refractivity (Wildman–Crippen MR) is 24.3 cm³/mol. The zero-order valence-electron chi connectivity index (χ0n) is 6.86. The van der Waals surface area contributed by atoms with Crippen molar-refractivity contribution in [3.63, 3.8) is 0 Å². The maximum Gasteiger partial charge on any atom is 1.00 e. The van der Waals surface area contributed by atoms with Gasteiger partial charge in [-0.2, -0.15) is 0 Å². The summed E-state index contributed by atoms with van der Waals surface area (Å²) in [5.74, 6) is -3.43.